The van der Waals surface area contributed by atoms with Crippen molar-refractivity contribution < 1.29 is 0 Å². The highest BCUT2D eigenvalue weighted by molar-refractivity contribution is 8.93. The fourth-order valence-electron chi connectivity index (χ4n) is 2.22. The van der Waals surface area contributed by atoms with Gasteiger partial charge in [0.2, 0.25) is 0 Å². The molecule has 0 spiro atoms. The van der Waals surface area contributed by atoms with E-state index >= 15 is 0 Å². The molecule has 2 aromatic carbocycles. The second-order valence-electron chi connectivity index (χ2n) is 5.38. The van der Waals surface area contributed by atoms with Crippen LogP contribution in [0.3, 0.4) is 0 Å². The quantitative estimate of drug-likeness (QED) is 0.541. The average molecular weight is 451 g/mol. The molecule has 1 heterocycles. The van der Waals surface area contributed by atoms with Gasteiger partial charge in [-0.3, -0.25) is 0 Å². The third kappa shape index (κ3) is 3.73. The Labute approximate surface area is 157 Å². The van der Waals surface area contributed by atoms with E-state index in [1.165, 1.54) is 32.5 Å². The number of hydrogen-bond donors (Lipinski definition) is 1. The van der Waals surface area contributed by atoms with Gasteiger partial charge >= 0.3 is 0 Å². The third-order valence-electron chi connectivity index (χ3n) is 3.45. The maximum Gasteiger partial charge on any atom is 0.0527 e. The fraction of sp³-hybridized carbons (Fsp3) is 0.250. The van der Waals surface area contributed by atoms with E-state index in [9.17, 15) is 0 Å². The number of nitrogens with zero attached hydrogens (tertiary/aromatic N) is 2. The molecule has 2 aromatic rings. The molecule has 6 heteroatoms. The Morgan fingerprint density at radius 1 is 0.727 bits per heavy atom. The molecule has 0 radical (unpaired) electrons. The lowest BCUT2D eigenvalue weighted by atomic mass is 10.2. The summed E-state index contributed by atoms with van der Waals surface area (Å²) >= 11 is 1.83. The van der Waals surface area contributed by atoms with Crippen LogP contribution >= 0.6 is 45.7 Å². The van der Waals surface area contributed by atoms with Gasteiger partial charge in [0.25, 0.3) is 0 Å². The van der Waals surface area contributed by atoms with Gasteiger partial charge < -0.3 is 15.1 Å². The van der Waals surface area contributed by atoms with Crippen LogP contribution in [0.4, 0.5) is 22.7 Å². The van der Waals surface area contributed by atoms with Crippen molar-refractivity contribution in [3.05, 3.63) is 36.4 Å². The second kappa shape index (κ2) is 7.62. The summed E-state index contributed by atoms with van der Waals surface area (Å²) in [5.74, 6) is 0. The minimum absolute atomic E-state index is 0. The van der Waals surface area contributed by atoms with Crippen LogP contribution in [-0.2, 0) is 0 Å². The van der Waals surface area contributed by atoms with Gasteiger partial charge in [-0.05, 0) is 36.4 Å². The summed E-state index contributed by atoms with van der Waals surface area (Å²) in [6.45, 7) is 0. The Kier molecular flexibility index (Phi) is 6.65. The monoisotopic (exact) mass is 449 g/mol. The van der Waals surface area contributed by atoms with Gasteiger partial charge in [-0.2, -0.15) is 0 Å². The van der Waals surface area contributed by atoms with Crippen LogP contribution < -0.4 is 15.1 Å². The summed E-state index contributed by atoms with van der Waals surface area (Å²) in [6, 6.07) is 13.1. The van der Waals surface area contributed by atoms with Crippen LogP contribution in [0.1, 0.15) is 0 Å². The smallest absolute Gasteiger partial charge is 0.0527 e. The van der Waals surface area contributed by atoms with Crippen LogP contribution in [0.15, 0.2) is 46.2 Å². The fourth-order valence-corrected chi connectivity index (χ4v) is 3.27. The van der Waals surface area contributed by atoms with E-state index in [0.717, 1.165) is 0 Å². The van der Waals surface area contributed by atoms with E-state index < -0.39 is 0 Å². The molecule has 0 aromatic heterocycles. The Morgan fingerprint density at radius 2 is 1.14 bits per heavy atom. The molecule has 0 aliphatic carbocycles. The zero-order valence-electron chi connectivity index (χ0n) is 13.1. The maximum absolute atomic E-state index is 3.51. The van der Waals surface area contributed by atoms with E-state index in [0.29, 0.717) is 0 Å². The third-order valence-corrected chi connectivity index (χ3v) is 4.57. The van der Waals surface area contributed by atoms with Crippen LogP contribution in [0, 0.1) is 0 Å². The van der Waals surface area contributed by atoms with Gasteiger partial charge in [0.15, 0.2) is 0 Å². The largest absolute Gasteiger partial charge is 0.378 e. The second-order valence-corrected chi connectivity index (χ2v) is 6.46. The van der Waals surface area contributed by atoms with Crippen LogP contribution in [0.2, 0.25) is 0 Å². The predicted octanol–water partition coefficient (Wildman–Crippen LogP) is 5.18. The van der Waals surface area contributed by atoms with Crippen LogP contribution in [0.5, 0.6) is 0 Å². The van der Waals surface area contributed by atoms with Crippen molar-refractivity contribution in [1.29, 1.82) is 0 Å². The molecule has 0 atom stereocenters. The molecule has 0 saturated heterocycles. The number of fused-ring (bicyclic) bond motifs is 2. The molecule has 1 aliphatic heterocycles. The number of benzene rings is 2. The van der Waals surface area contributed by atoms with Crippen LogP contribution in [-0.4, -0.2) is 28.2 Å². The highest BCUT2D eigenvalue weighted by atomic mass is 79.9. The van der Waals surface area contributed by atoms with Crippen LogP contribution in [0.25, 0.3) is 0 Å². The first-order valence-electron chi connectivity index (χ1n) is 6.62. The van der Waals surface area contributed by atoms with Crippen molar-refractivity contribution in [2.45, 2.75) is 9.79 Å². The molecule has 3 rings (SSSR count). The Hall–Kier alpha value is -0.850. The standard InChI is InChI=1S/C16H19N3S.2BrH/c1-18(2)11-5-7-13-15(9-11)20-16-10-12(19(3)4)6-8-14(16)17-13;;/h5-10,17H,1-4H3;2*1H/i1+1,2+1,3+1,4+1;;. The summed E-state index contributed by atoms with van der Waals surface area (Å²) in [5.41, 5.74) is 4.83. The lowest BCUT2D eigenvalue weighted by Gasteiger charge is -2.24. The lowest BCUT2D eigenvalue weighted by Crippen LogP contribution is -2.10. The first kappa shape index (κ1) is 19.2. The highest BCUT2D eigenvalue weighted by Gasteiger charge is 2.17. The first-order valence-corrected chi connectivity index (χ1v) is 7.44. The van der Waals surface area contributed by atoms with Gasteiger partial charge in [-0.25, -0.2) is 0 Å². The zero-order chi connectivity index (χ0) is 14.3. The SMILES string of the molecule is Br.Br.[13CH3]N([13CH3])c1ccc2c(c1)Sc1cc(N([13CH3])[13CH3])ccc1N2. The summed E-state index contributed by atoms with van der Waals surface area (Å²) in [5, 5.41) is 3.51. The van der Waals surface area contributed by atoms with E-state index in [4.69, 9.17) is 0 Å². The molecule has 1 N–H and O–H groups in total. The number of nitrogens with one attached hydrogen (secondary N) is 1. The average Bonchev–Trinajstić information content (AvgIpc) is 2.43. The molecule has 22 heavy (non-hydrogen) atoms. The summed E-state index contributed by atoms with van der Waals surface area (Å²) in [6.07, 6.45) is 0. The van der Waals surface area contributed by atoms with E-state index in [2.05, 4.69) is 79.7 Å². The number of hydrogen-bond acceptors (Lipinski definition) is 4. The van der Waals surface area contributed by atoms with Crippen molar-refractivity contribution in [2.75, 3.05) is 43.3 Å². The van der Waals surface area contributed by atoms with Crippen molar-refractivity contribution in [3.63, 3.8) is 0 Å². The van der Waals surface area contributed by atoms with Gasteiger partial charge in [0, 0.05) is 49.4 Å². The summed E-state index contributed by atoms with van der Waals surface area (Å²) < 4.78 is 0. The van der Waals surface area contributed by atoms with E-state index in [1.54, 1.807) is 0 Å². The molecule has 120 valence electrons. The molecular weight excluding hydrogens is 430 g/mol. The summed E-state index contributed by atoms with van der Waals surface area (Å²) in [4.78, 5) is 6.82. The van der Waals surface area contributed by atoms with Gasteiger partial charge in [0.1, 0.15) is 0 Å². The molecule has 0 saturated carbocycles. The molecule has 1 aliphatic rings. The van der Waals surface area contributed by atoms with Gasteiger partial charge in [-0.15, -0.1) is 34.0 Å². The number of halogens is 2. The minimum atomic E-state index is 0. The molecule has 0 amide bonds. The van der Waals surface area contributed by atoms with Crippen molar-refractivity contribution in [1.82, 2.24) is 0 Å². The lowest BCUT2D eigenvalue weighted by molar-refractivity contribution is 1.11. The molecular formula is C16H21Br2N3S. The predicted molar refractivity (Wildman–Crippen MR) is 110 cm³/mol. The Balaban J connectivity index is 0.00000121. The molecule has 0 unspecified atom stereocenters. The zero-order valence-corrected chi connectivity index (χ0v) is 17.3. The molecule has 0 bridgehead atoms. The molecule has 0 fully saturated rings. The van der Waals surface area contributed by atoms with Gasteiger partial charge in [0.05, 0.1) is 11.4 Å². The molecule has 3 nitrogen and oxygen atoms in total. The topological polar surface area (TPSA) is 18.5 Å². The van der Waals surface area contributed by atoms with Crippen molar-refractivity contribution >= 4 is 68.5 Å². The normalized spacial score (nSPS) is 11.1. The Morgan fingerprint density at radius 3 is 1.50 bits per heavy atom. The first-order chi connectivity index (χ1) is 9.54. The van der Waals surface area contributed by atoms with E-state index in [-0.39, 0.29) is 34.0 Å². The highest BCUT2D eigenvalue weighted by Crippen LogP contribution is 2.46. The minimum Gasteiger partial charge on any atom is -0.378 e. The van der Waals surface area contributed by atoms with Crippen molar-refractivity contribution in [3.8, 4) is 0 Å². The number of anilines is 4. The maximum atomic E-state index is 3.51. The van der Waals surface area contributed by atoms with Gasteiger partial charge in [-0.1, -0.05) is 11.8 Å². The summed E-state index contributed by atoms with van der Waals surface area (Å²) in [7, 11) is 8.28. The Bertz CT molecular complexity index is 604. The van der Waals surface area contributed by atoms with Crippen molar-refractivity contribution in [2.24, 2.45) is 0 Å². The van der Waals surface area contributed by atoms with E-state index in [1.807, 2.05) is 11.8 Å². The number of rotatable bonds is 2.